The number of aliphatic hydroxyl groups excluding tert-OH is 1. The smallest absolute Gasteiger partial charge is 0.313 e. The van der Waals surface area contributed by atoms with E-state index in [1.54, 1.807) is 0 Å². The molecule has 92 valence electrons. The molecule has 4 heteroatoms. The van der Waals surface area contributed by atoms with Gasteiger partial charge in [0, 0.05) is 6.42 Å². The second-order valence-corrected chi connectivity index (χ2v) is 4.13. The van der Waals surface area contributed by atoms with E-state index < -0.39 is 12.0 Å². The third kappa shape index (κ3) is 3.28. The molecule has 2 atom stereocenters. The minimum absolute atomic E-state index is 0.203. The molecule has 1 fully saturated rings. The molecule has 4 nitrogen and oxygen atoms in total. The molecule has 2 unspecified atom stereocenters. The van der Waals surface area contributed by atoms with Gasteiger partial charge in [0.05, 0.1) is 25.9 Å². The molecule has 1 saturated heterocycles. The van der Waals surface area contributed by atoms with E-state index >= 15 is 0 Å². The average molecular weight is 236 g/mol. The summed E-state index contributed by atoms with van der Waals surface area (Å²) in [6.07, 6.45) is -0.155. The van der Waals surface area contributed by atoms with Crippen LogP contribution in [0, 0.1) is 5.92 Å². The maximum Gasteiger partial charge on any atom is 0.313 e. The number of hydrogen-bond donors (Lipinski definition) is 1. The van der Waals surface area contributed by atoms with Crippen molar-refractivity contribution >= 4 is 5.97 Å². The highest BCUT2D eigenvalue weighted by atomic mass is 16.5. The fraction of sp³-hybridized carbons (Fsp3) is 0.462. The minimum Gasteiger partial charge on any atom is -0.465 e. The van der Waals surface area contributed by atoms with E-state index in [-0.39, 0.29) is 12.6 Å². The second-order valence-electron chi connectivity index (χ2n) is 4.13. The van der Waals surface area contributed by atoms with Crippen molar-refractivity contribution in [1.82, 2.24) is 0 Å². The molecule has 0 saturated carbocycles. The van der Waals surface area contributed by atoms with E-state index in [1.807, 2.05) is 30.3 Å². The Morgan fingerprint density at radius 3 is 2.82 bits per heavy atom. The maximum absolute atomic E-state index is 11.4. The molecule has 1 heterocycles. The van der Waals surface area contributed by atoms with Crippen LogP contribution in [-0.4, -0.2) is 30.4 Å². The van der Waals surface area contributed by atoms with Crippen LogP contribution in [0.4, 0.5) is 0 Å². The highest BCUT2D eigenvalue weighted by molar-refractivity contribution is 5.73. The Labute approximate surface area is 100 Å². The largest absolute Gasteiger partial charge is 0.465 e. The lowest BCUT2D eigenvalue weighted by molar-refractivity contribution is -0.164. The van der Waals surface area contributed by atoms with Crippen molar-refractivity contribution in [3.05, 3.63) is 35.9 Å². The summed E-state index contributed by atoms with van der Waals surface area (Å²) >= 11 is 0. The van der Waals surface area contributed by atoms with Crippen LogP contribution in [0.3, 0.4) is 0 Å². The topological polar surface area (TPSA) is 55.8 Å². The lowest BCUT2D eigenvalue weighted by Gasteiger charge is -2.25. The van der Waals surface area contributed by atoms with Crippen LogP contribution < -0.4 is 0 Å². The summed E-state index contributed by atoms with van der Waals surface area (Å²) in [5.74, 6) is -0.913. The molecule has 2 rings (SSSR count). The summed E-state index contributed by atoms with van der Waals surface area (Å²) in [5.41, 5.74) is 1.05. The van der Waals surface area contributed by atoms with Crippen LogP contribution in [0.1, 0.15) is 12.0 Å². The fourth-order valence-electron chi connectivity index (χ4n) is 1.80. The first-order valence-corrected chi connectivity index (χ1v) is 5.74. The van der Waals surface area contributed by atoms with Gasteiger partial charge in [-0.25, -0.2) is 0 Å². The molecule has 1 aromatic rings. The first-order valence-electron chi connectivity index (χ1n) is 5.74. The molecule has 1 aliphatic rings. The molecular formula is C13H16O4. The van der Waals surface area contributed by atoms with Crippen molar-refractivity contribution in [3.63, 3.8) is 0 Å². The number of carbonyl (C=O) groups is 1. The first kappa shape index (κ1) is 12.1. The summed E-state index contributed by atoms with van der Waals surface area (Å²) in [6.45, 7) is 0.946. The number of carbonyl (C=O) groups excluding carboxylic acids is 1. The van der Waals surface area contributed by atoms with Crippen molar-refractivity contribution in [2.24, 2.45) is 5.92 Å². The van der Waals surface area contributed by atoms with E-state index in [4.69, 9.17) is 9.47 Å². The first-order chi connectivity index (χ1) is 8.27. The zero-order valence-corrected chi connectivity index (χ0v) is 9.54. The van der Waals surface area contributed by atoms with Gasteiger partial charge < -0.3 is 14.6 Å². The zero-order valence-electron chi connectivity index (χ0n) is 9.54. The Kier molecular flexibility index (Phi) is 4.12. The third-order valence-electron chi connectivity index (χ3n) is 2.83. The summed E-state index contributed by atoms with van der Waals surface area (Å²) in [6, 6.07) is 9.71. The molecule has 0 radical (unpaired) electrons. The van der Waals surface area contributed by atoms with Gasteiger partial charge >= 0.3 is 5.97 Å². The van der Waals surface area contributed by atoms with Crippen LogP contribution in [0.15, 0.2) is 30.3 Å². The summed E-state index contributed by atoms with van der Waals surface area (Å²) in [5, 5.41) is 9.66. The lowest BCUT2D eigenvalue weighted by Crippen LogP contribution is -2.39. The van der Waals surface area contributed by atoms with E-state index in [1.165, 1.54) is 0 Å². The van der Waals surface area contributed by atoms with Gasteiger partial charge in [-0.3, -0.25) is 4.79 Å². The molecule has 17 heavy (non-hydrogen) atoms. The lowest BCUT2D eigenvalue weighted by atomic mass is 9.99. The van der Waals surface area contributed by atoms with Gasteiger partial charge in [-0.2, -0.15) is 0 Å². The standard InChI is InChI=1S/C13H16O4/c14-12-6-7-17-13(15)11(12)9-16-8-10-4-2-1-3-5-10/h1-5,11-12,14H,6-9H2. The van der Waals surface area contributed by atoms with Crippen LogP contribution in [-0.2, 0) is 20.9 Å². The van der Waals surface area contributed by atoms with Gasteiger partial charge in [-0.15, -0.1) is 0 Å². The van der Waals surface area contributed by atoms with Crippen molar-refractivity contribution in [2.45, 2.75) is 19.1 Å². The van der Waals surface area contributed by atoms with Gasteiger partial charge in [0.25, 0.3) is 0 Å². The van der Waals surface area contributed by atoms with Crippen molar-refractivity contribution in [1.29, 1.82) is 0 Å². The van der Waals surface area contributed by atoms with Crippen molar-refractivity contribution < 1.29 is 19.4 Å². The fourth-order valence-corrected chi connectivity index (χ4v) is 1.80. The molecule has 1 aromatic carbocycles. The number of esters is 1. The van der Waals surface area contributed by atoms with Crippen LogP contribution >= 0.6 is 0 Å². The zero-order chi connectivity index (χ0) is 12.1. The van der Waals surface area contributed by atoms with Crippen LogP contribution in [0.2, 0.25) is 0 Å². The van der Waals surface area contributed by atoms with Gasteiger partial charge in [-0.05, 0) is 5.56 Å². The Morgan fingerprint density at radius 2 is 2.12 bits per heavy atom. The molecule has 1 aliphatic heterocycles. The monoisotopic (exact) mass is 236 g/mol. The Balaban J connectivity index is 1.79. The number of aliphatic hydroxyl groups is 1. The summed E-state index contributed by atoms with van der Waals surface area (Å²) < 4.78 is 10.3. The third-order valence-corrected chi connectivity index (χ3v) is 2.83. The van der Waals surface area contributed by atoms with Gasteiger partial charge in [-0.1, -0.05) is 30.3 Å². The number of ether oxygens (including phenoxy) is 2. The Morgan fingerprint density at radius 1 is 1.35 bits per heavy atom. The molecular weight excluding hydrogens is 220 g/mol. The highest BCUT2D eigenvalue weighted by Crippen LogP contribution is 2.17. The molecule has 0 bridgehead atoms. The van der Waals surface area contributed by atoms with E-state index in [0.717, 1.165) is 5.56 Å². The molecule has 0 aliphatic carbocycles. The van der Waals surface area contributed by atoms with Crippen molar-refractivity contribution in [3.8, 4) is 0 Å². The minimum atomic E-state index is -0.646. The van der Waals surface area contributed by atoms with Gasteiger partial charge in [0.1, 0.15) is 5.92 Å². The van der Waals surface area contributed by atoms with E-state index in [9.17, 15) is 9.90 Å². The predicted octanol–water partition coefficient (Wildman–Crippen LogP) is 1.13. The normalized spacial score (nSPS) is 24.4. The number of hydrogen-bond acceptors (Lipinski definition) is 4. The quantitative estimate of drug-likeness (QED) is 0.796. The molecule has 0 amide bonds. The number of benzene rings is 1. The van der Waals surface area contributed by atoms with Crippen LogP contribution in [0.5, 0.6) is 0 Å². The van der Waals surface area contributed by atoms with E-state index in [0.29, 0.717) is 19.6 Å². The average Bonchev–Trinajstić information content (AvgIpc) is 2.34. The summed E-state index contributed by atoms with van der Waals surface area (Å²) in [4.78, 5) is 11.4. The highest BCUT2D eigenvalue weighted by Gasteiger charge is 2.32. The van der Waals surface area contributed by atoms with Crippen LogP contribution in [0.25, 0.3) is 0 Å². The summed E-state index contributed by atoms with van der Waals surface area (Å²) in [7, 11) is 0. The van der Waals surface area contributed by atoms with E-state index in [2.05, 4.69) is 0 Å². The second kappa shape index (κ2) is 5.80. The number of cyclic esters (lactones) is 1. The molecule has 0 aromatic heterocycles. The Hall–Kier alpha value is -1.39. The maximum atomic E-state index is 11.4. The Bertz CT molecular complexity index is 363. The molecule has 0 spiro atoms. The SMILES string of the molecule is O=C1OCCC(O)C1COCc1ccccc1. The van der Waals surface area contributed by atoms with Gasteiger partial charge in [0.15, 0.2) is 0 Å². The molecule has 1 N–H and O–H groups in total. The van der Waals surface area contributed by atoms with Gasteiger partial charge in [0.2, 0.25) is 0 Å². The van der Waals surface area contributed by atoms with Crippen molar-refractivity contribution in [2.75, 3.05) is 13.2 Å². The number of rotatable bonds is 4. The predicted molar refractivity (Wildman–Crippen MR) is 61.2 cm³/mol.